The molecule has 1 aliphatic rings. The van der Waals surface area contributed by atoms with Crippen molar-refractivity contribution in [1.82, 2.24) is 9.71 Å². The third-order valence-electron chi connectivity index (χ3n) is 3.60. The fourth-order valence-corrected chi connectivity index (χ4v) is 3.65. The first-order chi connectivity index (χ1) is 10.9. The smallest absolute Gasteiger partial charge is 0.275 e. The topological polar surface area (TPSA) is 85.4 Å². The van der Waals surface area contributed by atoms with E-state index in [1.807, 2.05) is 23.8 Å². The maximum atomic E-state index is 12.3. The van der Waals surface area contributed by atoms with E-state index < -0.39 is 22.0 Å². The molecule has 0 fully saturated rings. The number of rotatable bonds is 3. The van der Waals surface area contributed by atoms with Gasteiger partial charge in [-0.3, -0.25) is 9.78 Å². The number of fused-ring (bicyclic) bond motifs is 1. The van der Waals surface area contributed by atoms with Gasteiger partial charge in [0.05, 0.1) is 5.02 Å². The Kier molecular flexibility index (Phi) is 3.99. The van der Waals surface area contributed by atoms with E-state index in [1.165, 1.54) is 12.3 Å². The first-order valence-corrected chi connectivity index (χ1v) is 8.67. The Bertz CT molecular complexity index is 869. The molecule has 0 radical (unpaired) electrons. The molecular weight excluding hydrogens is 340 g/mol. The molecule has 1 N–H and O–H groups in total. The van der Waals surface area contributed by atoms with E-state index in [4.69, 9.17) is 16.3 Å². The number of ether oxygens (including phenoxy) is 1. The van der Waals surface area contributed by atoms with Crippen LogP contribution in [-0.4, -0.2) is 25.4 Å². The van der Waals surface area contributed by atoms with Crippen molar-refractivity contribution >= 4 is 27.5 Å². The van der Waals surface area contributed by atoms with Gasteiger partial charge in [-0.2, -0.15) is 0 Å². The van der Waals surface area contributed by atoms with Crippen LogP contribution in [0.4, 0.5) is 0 Å². The highest BCUT2D eigenvalue weighted by Crippen LogP contribution is 2.37. The van der Waals surface area contributed by atoms with Crippen molar-refractivity contribution in [2.24, 2.45) is 0 Å². The first kappa shape index (κ1) is 15.8. The molecule has 0 saturated carbocycles. The molecule has 23 heavy (non-hydrogen) atoms. The SMILES string of the molecule is C[C@@H]1c2ccccc2O[C@H]1C(=O)NS(=O)(=O)c1cncc(Cl)c1. The summed E-state index contributed by atoms with van der Waals surface area (Å²) < 4.78 is 32.1. The summed E-state index contributed by atoms with van der Waals surface area (Å²) in [6.45, 7) is 1.81. The van der Waals surface area contributed by atoms with E-state index in [9.17, 15) is 13.2 Å². The molecule has 0 unspecified atom stereocenters. The number of hydrogen-bond donors (Lipinski definition) is 1. The molecule has 0 spiro atoms. The van der Waals surface area contributed by atoms with Gasteiger partial charge < -0.3 is 4.74 Å². The Morgan fingerprint density at radius 1 is 1.30 bits per heavy atom. The lowest BCUT2D eigenvalue weighted by Gasteiger charge is -2.15. The summed E-state index contributed by atoms with van der Waals surface area (Å²) in [5.41, 5.74) is 0.870. The molecule has 2 heterocycles. The second kappa shape index (κ2) is 5.82. The number of aromatic nitrogens is 1. The number of amides is 1. The van der Waals surface area contributed by atoms with E-state index in [2.05, 4.69) is 4.98 Å². The number of hydrogen-bond acceptors (Lipinski definition) is 5. The number of carbonyl (C=O) groups excluding carboxylic acids is 1. The van der Waals surface area contributed by atoms with Gasteiger partial charge in [-0.05, 0) is 12.1 Å². The van der Waals surface area contributed by atoms with Crippen LogP contribution in [0.3, 0.4) is 0 Å². The third-order valence-corrected chi connectivity index (χ3v) is 5.12. The van der Waals surface area contributed by atoms with Gasteiger partial charge in [0.1, 0.15) is 10.6 Å². The molecule has 2 aromatic rings. The quantitative estimate of drug-likeness (QED) is 0.914. The average molecular weight is 353 g/mol. The molecule has 0 saturated heterocycles. The second-order valence-corrected chi connectivity index (χ2v) is 7.29. The normalized spacial score (nSPS) is 19.7. The van der Waals surface area contributed by atoms with Crippen LogP contribution < -0.4 is 9.46 Å². The van der Waals surface area contributed by atoms with Crippen molar-refractivity contribution in [1.29, 1.82) is 0 Å². The van der Waals surface area contributed by atoms with E-state index >= 15 is 0 Å². The van der Waals surface area contributed by atoms with Crippen molar-refractivity contribution < 1.29 is 17.9 Å². The van der Waals surface area contributed by atoms with E-state index in [-0.39, 0.29) is 15.8 Å². The Balaban J connectivity index is 1.80. The van der Waals surface area contributed by atoms with Crippen molar-refractivity contribution in [2.45, 2.75) is 23.8 Å². The van der Waals surface area contributed by atoms with Gasteiger partial charge in [0, 0.05) is 23.9 Å². The summed E-state index contributed by atoms with van der Waals surface area (Å²) in [4.78, 5) is 15.9. The van der Waals surface area contributed by atoms with Gasteiger partial charge in [-0.15, -0.1) is 0 Å². The standard InChI is InChI=1S/C15H13ClN2O4S/c1-9-12-4-2-3-5-13(12)22-14(9)15(19)18-23(20,21)11-6-10(16)7-17-8-11/h2-9,14H,1H3,(H,18,19)/t9-,14-/m1/s1. The summed E-state index contributed by atoms with van der Waals surface area (Å²) in [5.74, 6) is -0.394. The molecule has 1 amide bonds. The minimum Gasteiger partial charge on any atom is -0.480 e. The van der Waals surface area contributed by atoms with Crippen LogP contribution in [0.2, 0.25) is 5.02 Å². The molecule has 1 aliphatic heterocycles. The number of nitrogens with one attached hydrogen (secondary N) is 1. The number of nitrogens with zero attached hydrogens (tertiary/aromatic N) is 1. The summed E-state index contributed by atoms with van der Waals surface area (Å²) in [5, 5.41) is 0.165. The van der Waals surface area contributed by atoms with Crippen LogP contribution in [0.25, 0.3) is 0 Å². The lowest BCUT2D eigenvalue weighted by atomic mass is 9.97. The zero-order chi connectivity index (χ0) is 16.6. The number of halogens is 1. The minimum atomic E-state index is -4.06. The molecule has 3 rings (SSSR count). The molecule has 8 heteroatoms. The highest BCUT2D eigenvalue weighted by Gasteiger charge is 2.37. The highest BCUT2D eigenvalue weighted by atomic mass is 35.5. The predicted molar refractivity (Wildman–Crippen MR) is 83.8 cm³/mol. The number of para-hydroxylation sites is 1. The summed E-state index contributed by atoms with van der Waals surface area (Å²) in [7, 11) is -4.06. The lowest BCUT2D eigenvalue weighted by molar-refractivity contribution is -0.126. The maximum Gasteiger partial charge on any atom is 0.275 e. The summed E-state index contributed by atoms with van der Waals surface area (Å²) in [6.07, 6.45) is 1.52. The van der Waals surface area contributed by atoms with Gasteiger partial charge in [0.25, 0.3) is 15.9 Å². The van der Waals surface area contributed by atoms with Gasteiger partial charge in [-0.25, -0.2) is 13.1 Å². The number of carbonyl (C=O) groups is 1. The van der Waals surface area contributed by atoms with Crippen molar-refractivity contribution in [3.63, 3.8) is 0 Å². The number of pyridine rings is 1. The van der Waals surface area contributed by atoms with Crippen molar-refractivity contribution in [3.8, 4) is 5.75 Å². The number of benzene rings is 1. The molecular formula is C15H13ClN2O4S. The molecule has 0 aliphatic carbocycles. The number of sulfonamides is 1. The average Bonchev–Trinajstić information content (AvgIpc) is 2.85. The molecule has 1 aromatic carbocycles. The Hall–Kier alpha value is -2.12. The van der Waals surface area contributed by atoms with Gasteiger partial charge in [0.2, 0.25) is 0 Å². The van der Waals surface area contributed by atoms with Crippen LogP contribution in [0.15, 0.2) is 47.6 Å². The first-order valence-electron chi connectivity index (χ1n) is 6.81. The van der Waals surface area contributed by atoms with E-state index in [0.29, 0.717) is 5.75 Å². The van der Waals surface area contributed by atoms with Crippen LogP contribution in [0.5, 0.6) is 5.75 Å². The largest absolute Gasteiger partial charge is 0.480 e. The van der Waals surface area contributed by atoms with Crippen molar-refractivity contribution in [3.05, 3.63) is 53.3 Å². The zero-order valence-electron chi connectivity index (χ0n) is 12.1. The highest BCUT2D eigenvalue weighted by molar-refractivity contribution is 7.90. The van der Waals surface area contributed by atoms with E-state index in [0.717, 1.165) is 11.8 Å². The van der Waals surface area contributed by atoms with Crippen molar-refractivity contribution in [2.75, 3.05) is 0 Å². The Morgan fingerprint density at radius 3 is 2.74 bits per heavy atom. The Labute approximate surface area is 138 Å². The van der Waals surface area contributed by atoms with Gasteiger partial charge in [0.15, 0.2) is 6.10 Å². The molecule has 2 atom stereocenters. The summed E-state index contributed by atoms with van der Waals surface area (Å²) >= 11 is 5.73. The lowest BCUT2D eigenvalue weighted by Crippen LogP contribution is -2.42. The predicted octanol–water partition coefficient (Wildman–Crippen LogP) is 2.10. The third kappa shape index (κ3) is 3.02. The van der Waals surface area contributed by atoms with Crippen LogP contribution in [-0.2, 0) is 14.8 Å². The van der Waals surface area contributed by atoms with Crippen LogP contribution in [0.1, 0.15) is 18.4 Å². The zero-order valence-corrected chi connectivity index (χ0v) is 13.6. The monoisotopic (exact) mass is 352 g/mol. The Morgan fingerprint density at radius 2 is 2.04 bits per heavy atom. The second-order valence-electron chi connectivity index (χ2n) is 5.17. The summed E-state index contributed by atoms with van der Waals surface area (Å²) in [6, 6.07) is 8.45. The van der Waals surface area contributed by atoms with E-state index in [1.54, 1.807) is 12.1 Å². The van der Waals surface area contributed by atoms with Gasteiger partial charge in [-0.1, -0.05) is 36.7 Å². The minimum absolute atomic E-state index is 0.165. The van der Waals surface area contributed by atoms with Crippen LogP contribution >= 0.6 is 11.6 Å². The maximum absolute atomic E-state index is 12.3. The molecule has 1 aromatic heterocycles. The van der Waals surface area contributed by atoms with Crippen LogP contribution in [0, 0.1) is 0 Å². The fraction of sp³-hybridized carbons (Fsp3) is 0.200. The molecule has 120 valence electrons. The fourth-order valence-electron chi connectivity index (χ4n) is 2.44. The molecule has 6 nitrogen and oxygen atoms in total. The van der Waals surface area contributed by atoms with Gasteiger partial charge >= 0.3 is 0 Å². The molecule has 0 bridgehead atoms.